The summed E-state index contributed by atoms with van der Waals surface area (Å²) in [5, 5.41) is 10.9. The van der Waals surface area contributed by atoms with Crippen LogP contribution in [0.4, 0.5) is 0 Å². The third kappa shape index (κ3) is 3.06. The molecule has 0 aromatic carbocycles. The summed E-state index contributed by atoms with van der Waals surface area (Å²) in [6.07, 6.45) is 6.80. The minimum atomic E-state index is -0.685. The standard InChI is InChI=1S/C14H15BrN2O2Se.ClH/c15-11-10-5-4-9(13(16)18)8-17(10)20-12(11)14(19)6-2-1-3-7-14;/h4-5,8,19H,1-3,6-7H2,(H-,16,18);1H. The number of carbonyl (C=O) groups excluding carboxylic acids is 1. The van der Waals surface area contributed by atoms with Crippen molar-refractivity contribution in [3.63, 3.8) is 0 Å². The summed E-state index contributed by atoms with van der Waals surface area (Å²) in [6, 6.07) is 3.63. The zero-order chi connectivity index (χ0) is 14.3. The van der Waals surface area contributed by atoms with Gasteiger partial charge in [0.05, 0.1) is 0 Å². The molecule has 0 spiro atoms. The number of amides is 1. The second-order valence-electron chi connectivity index (χ2n) is 5.32. The number of nitrogens with two attached hydrogens (primary N) is 1. The van der Waals surface area contributed by atoms with E-state index in [1.807, 2.05) is 9.46 Å². The van der Waals surface area contributed by atoms with Crippen LogP contribution in [-0.2, 0) is 5.60 Å². The molecule has 0 unspecified atom stereocenters. The Kier molecular flexibility index (Phi) is 5.16. The Morgan fingerprint density at radius 2 is 2.00 bits per heavy atom. The van der Waals surface area contributed by atoms with E-state index >= 15 is 0 Å². The van der Waals surface area contributed by atoms with Gasteiger partial charge >= 0.3 is 132 Å². The van der Waals surface area contributed by atoms with Crippen LogP contribution >= 0.6 is 15.9 Å². The third-order valence-corrected chi connectivity index (χ3v) is 7.96. The van der Waals surface area contributed by atoms with Crippen molar-refractivity contribution in [2.24, 2.45) is 5.73 Å². The minimum Gasteiger partial charge on any atom is -1.00 e. The Morgan fingerprint density at radius 3 is 2.62 bits per heavy atom. The Morgan fingerprint density at radius 1 is 1.33 bits per heavy atom. The number of carbonyl (C=O) groups is 1. The van der Waals surface area contributed by atoms with E-state index in [0.717, 1.165) is 40.1 Å². The van der Waals surface area contributed by atoms with Crippen LogP contribution in [0.3, 0.4) is 0 Å². The molecule has 2 aromatic heterocycles. The van der Waals surface area contributed by atoms with Gasteiger partial charge in [0.2, 0.25) is 0 Å². The smallest absolute Gasteiger partial charge is 1.00 e. The number of halogens is 2. The van der Waals surface area contributed by atoms with Gasteiger partial charge in [0, 0.05) is 0 Å². The van der Waals surface area contributed by atoms with Gasteiger partial charge in [-0.1, -0.05) is 0 Å². The molecule has 1 fully saturated rings. The number of aliphatic hydroxyl groups is 1. The van der Waals surface area contributed by atoms with Crippen LogP contribution in [0.2, 0.25) is 0 Å². The van der Waals surface area contributed by atoms with Gasteiger partial charge < -0.3 is 12.4 Å². The fourth-order valence-corrected chi connectivity index (χ4v) is 6.57. The predicted molar refractivity (Wildman–Crippen MR) is 79.7 cm³/mol. The molecule has 2 aromatic rings. The maximum atomic E-state index is 11.3. The monoisotopic (exact) mass is 438 g/mol. The van der Waals surface area contributed by atoms with Crippen LogP contribution in [0.25, 0.3) is 5.52 Å². The average molecular weight is 439 g/mol. The fourth-order valence-electron chi connectivity index (χ4n) is 2.78. The molecule has 1 saturated carbocycles. The van der Waals surface area contributed by atoms with E-state index in [0.29, 0.717) is 5.56 Å². The van der Waals surface area contributed by atoms with Gasteiger partial charge in [-0.3, -0.25) is 0 Å². The molecule has 1 aliphatic carbocycles. The van der Waals surface area contributed by atoms with Crippen molar-refractivity contribution in [3.8, 4) is 0 Å². The van der Waals surface area contributed by atoms with E-state index in [1.54, 1.807) is 12.3 Å². The van der Waals surface area contributed by atoms with Gasteiger partial charge in [-0.15, -0.1) is 0 Å². The van der Waals surface area contributed by atoms with Crippen molar-refractivity contribution in [2.75, 3.05) is 0 Å². The summed E-state index contributed by atoms with van der Waals surface area (Å²) >= 11 is 3.61. The first-order valence-electron chi connectivity index (χ1n) is 6.68. The van der Waals surface area contributed by atoms with E-state index < -0.39 is 11.5 Å². The van der Waals surface area contributed by atoms with E-state index in [-0.39, 0.29) is 27.1 Å². The minimum absolute atomic E-state index is 0. The van der Waals surface area contributed by atoms with E-state index in [4.69, 9.17) is 5.73 Å². The maximum absolute atomic E-state index is 11.3. The van der Waals surface area contributed by atoms with Crippen LogP contribution in [0.15, 0.2) is 22.8 Å². The Balaban J connectivity index is 0.00000161. The first-order valence-corrected chi connectivity index (χ1v) is 9.10. The molecule has 0 aliphatic heterocycles. The predicted octanol–water partition coefficient (Wildman–Crippen LogP) is -1.50. The van der Waals surface area contributed by atoms with Crippen LogP contribution in [0, 0.1) is 0 Å². The Labute approximate surface area is 143 Å². The number of primary amides is 1. The molecule has 3 rings (SSSR count). The molecule has 4 nitrogen and oxygen atoms in total. The second kappa shape index (κ2) is 6.39. The summed E-state index contributed by atoms with van der Waals surface area (Å²) in [6.45, 7) is 0. The van der Waals surface area contributed by atoms with Gasteiger partial charge in [-0.25, -0.2) is 0 Å². The molecule has 0 saturated heterocycles. The number of hydrogen-bond acceptors (Lipinski definition) is 2. The quantitative estimate of drug-likeness (QED) is 0.561. The molecule has 0 atom stereocenters. The average Bonchev–Trinajstić information content (AvgIpc) is 2.77. The van der Waals surface area contributed by atoms with Crippen LogP contribution in [0.5, 0.6) is 0 Å². The Bertz CT molecular complexity index is 683. The summed E-state index contributed by atoms with van der Waals surface area (Å²) in [5.74, 6) is -0.419. The molecule has 3 N–H and O–H groups in total. The molecular formula is C14H16BrClN2O2Se. The molecule has 1 amide bonds. The van der Waals surface area contributed by atoms with Crippen LogP contribution < -0.4 is 21.5 Å². The zero-order valence-corrected chi connectivity index (χ0v) is 15.4. The molecule has 1 aliphatic rings. The number of hydrogen-bond donors (Lipinski definition) is 2. The number of nitrogens with zero attached hydrogens (tertiary/aromatic N) is 1. The largest absolute Gasteiger partial charge is 1.00 e. The van der Waals surface area contributed by atoms with Gasteiger partial charge in [0.15, 0.2) is 0 Å². The SMILES string of the molecule is NC(=O)c1ccc2c(Br)c(C3(O)CCCCC3)[se][n+]2c1.[Cl-]. The first-order chi connectivity index (χ1) is 9.51. The first kappa shape index (κ1) is 17.0. The number of rotatable bonds is 2. The molecule has 0 bridgehead atoms. The molecule has 114 valence electrons. The van der Waals surface area contributed by atoms with Gasteiger partial charge in [0.25, 0.3) is 0 Å². The van der Waals surface area contributed by atoms with Crippen molar-refractivity contribution in [2.45, 2.75) is 37.7 Å². The summed E-state index contributed by atoms with van der Waals surface area (Å²) in [5.41, 5.74) is 6.17. The van der Waals surface area contributed by atoms with Crippen LogP contribution in [-0.4, -0.2) is 25.7 Å². The number of aromatic nitrogens is 1. The summed E-state index contributed by atoms with van der Waals surface area (Å²) in [4.78, 5) is 11.3. The maximum Gasteiger partial charge on any atom is -1.00 e. The van der Waals surface area contributed by atoms with Crippen molar-refractivity contribution in [1.82, 2.24) is 0 Å². The van der Waals surface area contributed by atoms with Crippen LogP contribution in [0.1, 0.15) is 46.9 Å². The van der Waals surface area contributed by atoms with Crippen molar-refractivity contribution >= 4 is 42.1 Å². The normalized spacial score (nSPS) is 17.4. The van der Waals surface area contributed by atoms with E-state index in [2.05, 4.69) is 15.9 Å². The van der Waals surface area contributed by atoms with Crippen molar-refractivity contribution in [1.29, 1.82) is 0 Å². The number of pyridine rings is 1. The summed E-state index contributed by atoms with van der Waals surface area (Å²) in [7, 11) is 0. The second-order valence-corrected chi connectivity index (χ2v) is 8.18. The fraction of sp³-hybridized carbons (Fsp3) is 0.429. The van der Waals surface area contributed by atoms with E-state index in [1.165, 1.54) is 6.42 Å². The van der Waals surface area contributed by atoms with Gasteiger partial charge in [-0.2, -0.15) is 0 Å². The van der Waals surface area contributed by atoms with Crippen molar-refractivity contribution in [3.05, 3.63) is 32.8 Å². The molecule has 0 radical (unpaired) electrons. The third-order valence-electron chi connectivity index (χ3n) is 3.92. The van der Waals surface area contributed by atoms with E-state index in [9.17, 15) is 9.90 Å². The molecular weight excluding hydrogens is 422 g/mol. The molecule has 21 heavy (non-hydrogen) atoms. The Hall–Kier alpha value is -0.391. The molecule has 2 heterocycles. The summed E-state index contributed by atoms with van der Waals surface area (Å²) < 4.78 is 4.11. The van der Waals surface area contributed by atoms with Crippen molar-refractivity contribution < 1.29 is 25.7 Å². The topological polar surface area (TPSA) is 67.4 Å². The number of fused-ring (bicyclic) bond motifs is 1. The van der Waals surface area contributed by atoms with Gasteiger partial charge in [0.1, 0.15) is 0 Å². The van der Waals surface area contributed by atoms with Gasteiger partial charge in [-0.05, 0) is 0 Å². The zero-order valence-electron chi connectivity index (χ0n) is 11.3. The molecule has 7 heteroatoms.